The van der Waals surface area contributed by atoms with Crippen molar-refractivity contribution in [3.63, 3.8) is 0 Å². The van der Waals surface area contributed by atoms with Crippen LogP contribution in [0.2, 0.25) is 0 Å². The van der Waals surface area contributed by atoms with E-state index in [9.17, 15) is 13.6 Å². The maximum Gasteiger partial charge on any atom is 0.281 e. The van der Waals surface area contributed by atoms with E-state index in [1.54, 1.807) is 28.7 Å². The predicted octanol–water partition coefficient (Wildman–Crippen LogP) is 2.87. The molecule has 1 heterocycles. The van der Waals surface area contributed by atoms with Gasteiger partial charge in [0.05, 0.1) is 5.56 Å². The highest BCUT2D eigenvalue weighted by Gasteiger charge is 2.20. The molecular formula is C8H2ClF2IN2O. The molecule has 7 heteroatoms. The number of aromatic nitrogens is 1. The van der Waals surface area contributed by atoms with Gasteiger partial charge in [-0.1, -0.05) is 0 Å². The summed E-state index contributed by atoms with van der Waals surface area (Å²) in [6.45, 7) is 0. The fourth-order valence-corrected chi connectivity index (χ4v) is 1.69. The van der Waals surface area contributed by atoms with E-state index in [1.807, 2.05) is 0 Å². The lowest BCUT2D eigenvalue weighted by Gasteiger charge is -2.05. The van der Waals surface area contributed by atoms with Crippen molar-refractivity contribution in [2.45, 2.75) is 6.43 Å². The van der Waals surface area contributed by atoms with Gasteiger partial charge in [-0.3, -0.25) is 4.79 Å². The number of nitrogens with zero attached hydrogens (tertiary/aromatic N) is 2. The van der Waals surface area contributed by atoms with Crippen molar-refractivity contribution in [2.24, 2.45) is 0 Å². The molecule has 0 aliphatic carbocycles. The van der Waals surface area contributed by atoms with Gasteiger partial charge in [0.2, 0.25) is 0 Å². The molecule has 0 aromatic carbocycles. The van der Waals surface area contributed by atoms with Crippen LogP contribution in [0.3, 0.4) is 0 Å². The third kappa shape index (κ3) is 2.60. The minimum absolute atomic E-state index is 0.226. The van der Waals surface area contributed by atoms with Gasteiger partial charge in [0.1, 0.15) is 17.5 Å². The maximum atomic E-state index is 12.5. The smallest absolute Gasteiger partial charge is 0.274 e. The first-order chi connectivity index (χ1) is 6.97. The van der Waals surface area contributed by atoms with Gasteiger partial charge in [0, 0.05) is 3.57 Å². The van der Waals surface area contributed by atoms with Crippen LogP contribution in [0.4, 0.5) is 8.78 Å². The number of carbonyl (C=O) groups excluding carboxylic acids is 1. The summed E-state index contributed by atoms with van der Waals surface area (Å²) in [5.74, 6) is 0. The van der Waals surface area contributed by atoms with Gasteiger partial charge >= 0.3 is 0 Å². The van der Waals surface area contributed by atoms with Gasteiger partial charge in [-0.15, -0.1) is 0 Å². The fourth-order valence-electron chi connectivity index (χ4n) is 0.902. The molecule has 0 atom stereocenters. The molecule has 0 N–H and O–H groups in total. The van der Waals surface area contributed by atoms with Crippen molar-refractivity contribution in [1.82, 2.24) is 4.98 Å². The molecular weight excluding hydrogens is 340 g/mol. The number of hydrogen-bond donors (Lipinski definition) is 0. The second-order valence-electron chi connectivity index (χ2n) is 2.44. The van der Waals surface area contributed by atoms with E-state index in [4.69, 9.17) is 16.9 Å². The third-order valence-electron chi connectivity index (χ3n) is 1.52. The molecule has 1 aromatic rings. The summed E-state index contributed by atoms with van der Waals surface area (Å²) in [7, 11) is 0. The van der Waals surface area contributed by atoms with Crippen molar-refractivity contribution >= 4 is 39.4 Å². The fraction of sp³-hybridized carbons (Fsp3) is 0.125. The zero-order valence-corrected chi connectivity index (χ0v) is 9.88. The molecule has 0 aliphatic heterocycles. The van der Waals surface area contributed by atoms with E-state index < -0.39 is 17.4 Å². The molecule has 0 radical (unpaired) electrons. The van der Waals surface area contributed by atoms with E-state index in [0.29, 0.717) is 0 Å². The zero-order valence-electron chi connectivity index (χ0n) is 6.97. The average molecular weight is 342 g/mol. The Hall–Kier alpha value is -0.810. The first-order valence-electron chi connectivity index (χ1n) is 3.56. The molecule has 1 rings (SSSR count). The van der Waals surface area contributed by atoms with E-state index in [0.717, 1.165) is 0 Å². The molecule has 0 aliphatic rings. The van der Waals surface area contributed by atoms with Gasteiger partial charge in [-0.05, 0) is 40.3 Å². The highest BCUT2D eigenvalue weighted by atomic mass is 127. The van der Waals surface area contributed by atoms with Crippen LogP contribution in [0.5, 0.6) is 0 Å². The lowest BCUT2D eigenvalue weighted by molar-refractivity contribution is 0.107. The Bertz CT molecular complexity index is 459. The molecule has 78 valence electrons. The van der Waals surface area contributed by atoms with Crippen LogP contribution in [0, 0.1) is 14.9 Å². The van der Waals surface area contributed by atoms with Crippen LogP contribution >= 0.6 is 34.2 Å². The van der Waals surface area contributed by atoms with Crippen molar-refractivity contribution in [3.05, 3.63) is 26.6 Å². The van der Waals surface area contributed by atoms with E-state index in [1.165, 1.54) is 6.07 Å². The second-order valence-corrected chi connectivity index (χ2v) is 3.94. The Morgan fingerprint density at radius 2 is 2.27 bits per heavy atom. The predicted molar refractivity (Wildman–Crippen MR) is 56.8 cm³/mol. The molecule has 0 bridgehead atoms. The number of halogens is 4. The largest absolute Gasteiger partial charge is 0.281 e. The van der Waals surface area contributed by atoms with Crippen LogP contribution in [-0.4, -0.2) is 10.2 Å². The average Bonchev–Trinajstić information content (AvgIpc) is 2.16. The summed E-state index contributed by atoms with van der Waals surface area (Å²) < 4.78 is 25.2. The summed E-state index contributed by atoms with van der Waals surface area (Å²) >= 11 is 6.79. The van der Waals surface area contributed by atoms with E-state index in [2.05, 4.69) is 4.98 Å². The summed E-state index contributed by atoms with van der Waals surface area (Å²) in [6, 6.07) is 2.80. The first kappa shape index (κ1) is 12.3. The van der Waals surface area contributed by atoms with E-state index >= 15 is 0 Å². The summed E-state index contributed by atoms with van der Waals surface area (Å²) in [5, 5.41) is 7.70. The third-order valence-corrected chi connectivity index (χ3v) is 2.56. The Balaban J connectivity index is 3.47. The molecule has 1 aromatic heterocycles. The zero-order chi connectivity index (χ0) is 11.6. The highest BCUT2D eigenvalue weighted by Crippen LogP contribution is 2.25. The van der Waals surface area contributed by atoms with Crippen molar-refractivity contribution in [1.29, 1.82) is 5.26 Å². The Labute approximate surface area is 102 Å². The van der Waals surface area contributed by atoms with Gasteiger partial charge in [-0.2, -0.15) is 5.26 Å². The molecule has 3 nitrogen and oxygen atoms in total. The van der Waals surface area contributed by atoms with Gasteiger partial charge in [0.15, 0.2) is 0 Å². The molecule has 0 spiro atoms. The van der Waals surface area contributed by atoms with Crippen molar-refractivity contribution < 1.29 is 13.6 Å². The monoisotopic (exact) mass is 342 g/mol. The number of rotatable bonds is 2. The van der Waals surface area contributed by atoms with Gasteiger partial charge < -0.3 is 0 Å². The first-order valence-corrected chi connectivity index (χ1v) is 5.01. The Morgan fingerprint density at radius 1 is 1.67 bits per heavy atom. The lowest BCUT2D eigenvalue weighted by atomic mass is 10.2. The van der Waals surface area contributed by atoms with Gasteiger partial charge in [0.25, 0.3) is 11.7 Å². The topological polar surface area (TPSA) is 53.8 Å². The molecule has 0 saturated carbocycles. The number of alkyl halides is 2. The summed E-state index contributed by atoms with van der Waals surface area (Å²) in [5.41, 5.74) is -1.23. The standard InChI is InChI=1S/C8H2ClF2IN2O/c9-7(15)5-1-4(12)3(2-13)6(14-5)8(10)11/h1,8H. The number of hydrogen-bond acceptors (Lipinski definition) is 3. The quantitative estimate of drug-likeness (QED) is 0.613. The van der Waals surface area contributed by atoms with Crippen LogP contribution in [0.15, 0.2) is 6.07 Å². The minimum Gasteiger partial charge on any atom is -0.274 e. The molecule has 15 heavy (non-hydrogen) atoms. The van der Waals surface area contributed by atoms with Gasteiger partial charge in [-0.25, -0.2) is 13.8 Å². The van der Waals surface area contributed by atoms with Crippen molar-refractivity contribution in [3.8, 4) is 6.07 Å². The van der Waals surface area contributed by atoms with E-state index in [-0.39, 0.29) is 14.8 Å². The molecule has 0 amide bonds. The number of carbonyl (C=O) groups is 1. The highest BCUT2D eigenvalue weighted by molar-refractivity contribution is 14.1. The summed E-state index contributed by atoms with van der Waals surface area (Å²) in [4.78, 5) is 14.1. The van der Waals surface area contributed by atoms with Crippen LogP contribution < -0.4 is 0 Å². The molecule has 0 unspecified atom stereocenters. The summed E-state index contributed by atoms with van der Waals surface area (Å²) in [6.07, 6.45) is -2.91. The van der Waals surface area contributed by atoms with Crippen molar-refractivity contribution in [2.75, 3.05) is 0 Å². The number of pyridine rings is 1. The Kier molecular flexibility index (Phi) is 3.93. The van der Waals surface area contributed by atoms with Crippen LogP contribution in [0.1, 0.15) is 28.2 Å². The SMILES string of the molecule is N#Cc1c(I)cc(C(=O)Cl)nc1C(F)F. The second kappa shape index (κ2) is 4.81. The lowest BCUT2D eigenvalue weighted by Crippen LogP contribution is -2.04. The normalized spacial score (nSPS) is 10.1. The van der Waals surface area contributed by atoms with Crippen LogP contribution in [0.25, 0.3) is 0 Å². The maximum absolute atomic E-state index is 12.5. The Morgan fingerprint density at radius 3 is 2.67 bits per heavy atom. The number of nitriles is 1. The molecule has 0 fully saturated rings. The van der Waals surface area contributed by atoms with Crippen LogP contribution in [-0.2, 0) is 0 Å². The molecule has 0 saturated heterocycles. The minimum atomic E-state index is -2.91.